The van der Waals surface area contributed by atoms with Gasteiger partial charge in [-0.05, 0) is 39.1 Å². The number of nitriles is 1. The summed E-state index contributed by atoms with van der Waals surface area (Å²) in [5, 5.41) is 11.8. The molecule has 1 aliphatic rings. The number of hydrogen-bond acceptors (Lipinski definition) is 4. The van der Waals surface area contributed by atoms with Gasteiger partial charge in [-0.1, -0.05) is 12.1 Å². The zero-order valence-electron chi connectivity index (χ0n) is 12.7. The smallest absolute Gasteiger partial charge is 0.238 e. The topological polar surface area (TPSA) is 59.4 Å². The highest BCUT2D eigenvalue weighted by atomic mass is 16.2. The standard InChI is InChI=1S/C16H22N4O/c1-19(2)14-7-9-20(10-8-14)12-16(21)18-15-6-4-3-5-13(15)11-17/h3-6,14H,7-10,12H2,1-2H3,(H,18,21). The molecule has 1 saturated heterocycles. The van der Waals surface area contributed by atoms with Gasteiger partial charge in [0.15, 0.2) is 0 Å². The van der Waals surface area contributed by atoms with Crippen LogP contribution < -0.4 is 5.32 Å². The number of carbonyl (C=O) groups excluding carboxylic acids is 1. The Morgan fingerprint density at radius 1 is 1.38 bits per heavy atom. The number of nitrogens with zero attached hydrogens (tertiary/aromatic N) is 3. The molecule has 0 aromatic heterocycles. The van der Waals surface area contributed by atoms with Gasteiger partial charge in [-0.3, -0.25) is 9.69 Å². The van der Waals surface area contributed by atoms with Crippen molar-refractivity contribution in [3.05, 3.63) is 29.8 Å². The molecule has 1 aliphatic heterocycles. The van der Waals surface area contributed by atoms with Gasteiger partial charge in [0.25, 0.3) is 0 Å². The van der Waals surface area contributed by atoms with Gasteiger partial charge in [-0.25, -0.2) is 0 Å². The first-order chi connectivity index (χ1) is 10.1. The summed E-state index contributed by atoms with van der Waals surface area (Å²) < 4.78 is 0. The molecular weight excluding hydrogens is 264 g/mol. The Bertz CT molecular complexity index is 527. The Morgan fingerprint density at radius 3 is 2.67 bits per heavy atom. The van der Waals surface area contributed by atoms with Crippen molar-refractivity contribution in [2.24, 2.45) is 0 Å². The van der Waals surface area contributed by atoms with Crippen LogP contribution in [0.5, 0.6) is 0 Å². The van der Waals surface area contributed by atoms with Gasteiger partial charge in [0.1, 0.15) is 6.07 Å². The quantitative estimate of drug-likeness (QED) is 0.912. The number of hydrogen-bond donors (Lipinski definition) is 1. The van der Waals surface area contributed by atoms with Crippen molar-refractivity contribution >= 4 is 11.6 Å². The molecule has 21 heavy (non-hydrogen) atoms. The fourth-order valence-electron chi connectivity index (χ4n) is 2.68. The fourth-order valence-corrected chi connectivity index (χ4v) is 2.68. The lowest BCUT2D eigenvalue weighted by Gasteiger charge is -2.34. The number of piperidine rings is 1. The van der Waals surface area contributed by atoms with E-state index in [-0.39, 0.29) is 5.91 Å². The second-order valence-corrected chi connectivity index (χ2v) is 5.68. The summed E-state index contributed by atoms with van der Waals surface area (Å²) in [6, 6.07) is 9.78. The van der Waals surface area contributed by atoms with Gasteiger partial charge in [-0.2, -0.15) is 5.26 Å². The molecule has 1 amide bonds. The lowest BCUT2D eigenvalue weighted by Crippen LogP contribution is -2.44. The van der Waals surface area contributed by atoms with Gasteiger partial charge < -0.3 is 10.2 Å². The summed E-state index contributed by atoms with van der Waals surface area (Å²) in [5.41, 5.74) is 1.09. The SMILES string of the molecule is CN(C)C1CCN(CC(=O)Nc2ccccc2C#N)CC1. The molecule has 0 bridgehead atoms. The molecule has 1 aromatic rings. The third kappa shape index (κ3) is 4.28. The molecule has 0 radical (unpaired) electrons. The monoisotopic (exact) mass is 286 g/mol. The highest BCUT2D eigenvalue weighted by Crippen LogP contribution is 2.16. The molecule has 5 nitrogen and oxygen atoms in total. The Hall–Kier alpha value is -1.90. The summed E-state index contributed by atoms with van der Waals surface area (Å²) in [7, 11) is 4.21. The van der Waals surface area contributed by atoms with Crippen LogP contribution in [0.15, 0.2) is 24.3 Å². The second-order valence-electron chi connectivity index (χ2n) is 5.68. The minimum atomic E-state index is -0.0546. The highest BCUT2D eigenvalue weighted by molar-refractivity contribution is 5.93. The van der Waals surface area contributed by atoms with Crippen molar-refractivity contribution in [1.29, 1.82) is 5.26 Å². The Kier molecular flexibility index (Phi) is 5.32. The average molecular weight is 286 g/mol. The van der Waals surface area contributed by atoms with E-state index in [4.69, 9.17) is 5.26 Å². The van der Waals surface area contributed by atoms with Crippen LogP contribution in [0.25, 0.3) is 0 Å². The van der Waals surface area contributed by atoms with E-state index < -0.39 is 0 Å². The van der Waals surface area contributed by atoms with E-state index in [0.717, 1.165) is 25.9 Å². The minimum absolute atomic E-state index is 0.0546. The summed E-state index contributed by atoms with van der Waals surface area (Å²) in [4.78, 5) is 16.5. The third-order valence-electron chi connectivity index (χ3n) is 3.98. The van der Waals surface area contributed by atoms with Crippen molar-refractivity contribution in [3.8, 4) is 6.07 Å². The van der Waals surface area contributed by atoms with E-state index in [9.17, 15) is 4.79 Å². The van der Waals surface area contributed by atoms with Crippen molar-refractivity contribution < 1.29 is 4.79 Å². The van der Waals surface area contributed by atoms with Crippen LogP contribution in [0.1, 0.15) is 18.4 Å². The maximum atomic E-state index is 12.1. The van der Waals surface area contributed by atoms with E-state index in [1.165, 1.54) is 0 Å². The van der Waals surface area contributed by atoms with Gasteiger partial charge in [-0.15, -0.1) is 0 Å². The maximum Gasteiger partial charge on any atom is 0.238 e. The third-order valence-corrected chi connectivity index (χ3v) is 3.98. The van der Waals surface area contributed by atoms with Crippen LogP contribution >= 0.6 is 0 Å². The van der Waals surface area contributed by atoms with Crippen LogP contribution in [0.3, 0.4) is 0 Å². The average Bonchev–Trinajstić information content (AvgIpc) is 2.48. The zero-order chi connectivity index (χ0) is 15.2. The molecule has 0 aliphatic carbocycles. The van der Waals surface area contributed by atoms with Crippen LogP contribution in [-0.4, -0.2) is 55.5 Å². The van der Waals surface area contributed by atoms with Crippen molar-refractivity contribution in [3.63, 3.8) is 0 Å². The largest absolute Gasteiger partial charge is 0.324 e. The Morgan fingerprint density at radius 2 is 2.05 bits per heavy atom. The van der Waals surface area contributed by atoms with Crippen LogP contribution in [0.4, 0.5) is 5.69 Å². The first-order valence-corrected chi connectivity index (χ1v) is 7.28. The lowest BCUT2D eigenvalue weighted by molar-refractivity contribution is -0.117. The van der Waals surface area contributed by atoms with E-state index in [2.05, 4.69) is 35.3 Å². The lowest BCUT2D eigenvalue weighted by atomic mass is 10.0. The summed E-state index contributed by atoms with van der Waals surface area (Å²) >= 11 is 0. The van der Waals surface area contributed by atoms with Gasteiger partial charge in [0, 0.05) is 19.1 Å². The summed E-state index contributed by atoms with van der Waals surface area (Å²) in [6.45, 7) is 2.27. The van der Waals surface area contributed by atoms with E-state index in [0.29, 0.717) is 23.8 Å². The number of nitrogens with one attached hydrogen (secondary N) is 1. The van der Waals surface area contributed by atoms with Crippen LogP contribution in [0.2, 0.25) is 0 Å². The molecule has 1 heterocycles. The normalized spacial score (nSPS) is 16.7. The van der Waals surface area contributed by atoms with E-state index in [1.807, 2.05) is 6.07 Å². The van der Waals surface area contributed by atoms with Crippen molar-refractivity contribution in [1.82, 2.24) is 9.80 Å². The van der Waals surface area contributed by atoms with Crippen molar-refractivity contribution in [2.75, 3.05) is 39.0 Å². The number of likely N-dealkylation sites (tertiary alicyclic amines) is 1. The second kappa shape index (κ2) is 7.21. The summed E-state index contributed by atoms with van der Waals surface area (Å²) in [5.74, 6) is -0.0546. The maximum absolute atomic E-state index is 12.1. The molecule has 1 aromatic carbocycles. The molecule has 2 rings (SSSR count). The van der Waals surface area contributed by atoms with Gasteiger partial charge in [0.2, 0.25) is 5.91 Å². The molecule has 1 N–H and O–H groups in total. The molecule has 5 heteroatoms. The van der Waals surface area contributed by atoms with Gasteiger partial charge in [0.05, 0.1) is 17.8 Å². The number of rotatable bonds is 4. The molecule has 112 valence electrons. The number of carbonyl (C=O) groups is 1. The molecule has 0 spiro atoms. The number of anilines is 1. The minimum Gasteiger partial charge on any atom is -0.324 e. The Labute approximate surface area is 126 Å². The number of para-hydroxylation sites is 1. The number of benzene rings is 1. The first-order valence-electron chi connectivity index (χ1n) is 7.28. The Balaban J connectivity index is 1.85. The predicted octanol–water partition coefficient (Wildman–Crippen LogP) is 1.52. The molecule has 1 fully saturated rings. The highest BCUT2D eigenvalue weighted by Gasteiger charge is 2.22. The van der Waals surface area contributed by atoms with Gasteiger partial charge >= 0.3 is 0 Å². The first kappa shape index (κ1) is 15.5. The van der Waals surface area contributed by atoms with Crippen LogP contribution in [0, 0.1) is 11.3 Å². The zero-order valence-corrected chi connectivity index (χ0v) is 12.7. The molecule has 0 unspecified atom stereocenters. The van der Waals surface area contributed by atoms with E-state index in [1.54, 1.807) is 18.2 Å². The van der Waals surface area contributed by atoms with Crippen molar-refractivity contribution in [2.45, 2.75) is 18.9 Å². The number of amides is 1. The molecular formula is C16H22N4O. The van der Waals surface area contributed by atoms with Crippen LogP contribution in [-0.2, 0) is 4.79 Å². The molecule has 0 atom stereocenters. The predicted molar refractivity (Wildman–Crippen MR) is 82.9 cm³/mol. The summed E-state index contributed by atoms with van der Waals surface area (Å²) in [6.07, 6.45) is 2.18. The fraction of sp³-hybridized carbons (Fsp3) is 0.500. The van der Waals surface area contributed by atoms with E-state index >= 15 is 0 Å². The molecule has 0 saturated carbocycles.